The van der Waals surface area contributed by atoms with Crippen molar-refractivity contribution in [2.45, 2.75) is 78.0 Å². The minimum atomic E-state index is -1.13. The first-order valence-electron chi connectivity index (χ1n) is 11.4. The van der Waals surface area contributed by atoms with Crippen LogP contribution >= 0.6 is 0 Å². The van der Waals surface area contributed by atoms with Crippen LogP contribution in [0.15, 0.2) is 30.3 Å². The number of carboxylic acid groups (broad SMARTS) is 1. The maximum absolute atomic E-state index is 13.1. The number of benzene rings is 1. The molecule has 33 heavy (non-hydrogen) atoms. The predicted molar refractivity (Wildman–Crippen MR) is 126 cm³/mol. The van der Waals surface area contributed by atoms with E-state index < -0.39 is 47.9 Å². The van der Waals surface area contributed by atoms with Gasteiger partial charge in [-0.1, -0.05) is 64.4 Å². The Morgan fingerprint density at radius 1 is 0.879 bits per heavy atom. The Hall–Kier alpha value is -2.94. The third-order valence-electron chi connectivity index (χ3n) is 5.45. The van der Waals surface area contributed by atoms with E-state index in [1.54, 1.807) is 6.92 Å². The van der Waals surface area contributed by atoms with Gasteiger partial charge in [0.25, 0.3) is 0 Å². The van der Waals surface area contributed by atoms with Crippen LogP contribution in [-0.4, -0.2) is 53.0 Å². The number of carbonyl (C=O) groups is 4. The summed E-state index contributed by atoms with van der Waals surface area (Å²) in [6, 6.07) is 5.34. The lowest BCUT2D eigenvalue weighted by Gasteiger charge is -2.27. The summed E-state index contributed by atoms with van der Waals surface area (Å²) in [6.07, 6.45) is 1.09. The fraction of sp³-hybridized carbons (Fsp3) is 0.583. The first kappa shape index (κ1) is 28.1. The first-order valence-corrected chi connectivity index (χ1v) is 11.4. The Balaban J connectivity index is 3.13. The summed E-state index contributed by atoms with van der Waals surface area (Å²) < 4.78 is 0. The Morgan fingerprint density at radius 2 is 1.42 bits per heavy atom. The summed E-state index contributed by atoms with van der Waals surface area (Å²) in [7, 11) is 0. The molecule has 5 unspecified atom stereocenters. The van der Waals surface area contributed by atoms with Gasteiger partial charge < -0.3 is 26.8 Å². The smallest absolute Gasteiger partial charge is 0.326 e. The van der Waals surface area contributed by atoms with Crippen molar-refractivity contribution in [1.29, 1.82) is 0 Å². The number of carbonyl (C=O) groups excluding carboxylic acids is 3. The van der Waals surface area contributed by atoms with Crippen LogP contribution in [0.3, 0.4) is 0 Å². The second kappa shape index (κ2) is 13.6. The molecule has 5 atom stereocenters. The molecule has 1 aromatic rings. The van der Waals surface area contributed by atoms with Crippen molar-refractivity contribution < 1.29 is 24.3 Å². The minimum absolute atomic E-state index is 0.0947. The standard InChI is InChI=1S/C24H38N4O5/c1-6-15(4)20(24(32)33)28-23(31)19(13-17-10-8-7-9-11-17)27-22(30)18(12-14(2)3)26-21(29)16(5)25/h7-11,14-16,18-20H,6,12-13,25H2,1-5H3,(H,26,29)(H,27,30)(H,28,31)(H,32,33). The summed E-state index contributed by atoms with van der Waals surface area (Å²) in [5, 5.41) is 17.5. The van der Waals surface area contributed by atoms with Crippen LogP contribution in [0, 0.1) is 11.8 Å². The highest BCUT2D eigenvalue weighted by molar-refractivity contribution is 5.94. The van der Waals surface area contributed by atoms with Crippen LogP contribution in [0.4, 0.5) is 0 Å². The first-order chi connectivity index (χ1) is 15.5. The number of nitrogens with one attached hydrogen (secondary N) is 3. The average molecular weight is 463 g/mol. The molecule has 3 amide bonds. The molecule has 0 radical (unpaired) electrons. The number of amides is 3. The van der Waals surface area contributed by atoms with Crippen LogP contribution in [-0.2, 0) is 25.6 Å². The van der Waals surface area contributed by atoms with E-state index in [1.807, 2.05) is 51.1 Å². The van der Waals surface area contributed by atoms with E-state index in [2.05, 4.69) is 16.0 Å². The van der Waals surface area contributed by atoms with E-state index in [9.17, 15) is 24.3 Å². The zero-order chi connectivity index (χ0) is 25.1. The fourth-order valence-electron chi connectivity index (χ4n) is 3.27. The number of aliphatic carboxylic acids is 1. The molecule has 0 bridgehead atoms. The van der Waals surface area contributed by atoms with Crippen LogP contribution in [0.5, 0.6) is 0 Å². The molecule has 1 rings (SSSR count). The van der Waals surface area contributed by atoms with Crippen LogP contribution in [0.25, 0.3) is 0 Å². The second-order valence-electron chi connectivity index (χ2n) is 8.94. The molecule has 0 aromatic heterocycles. The SMILES string of the molecule is CCC(C)C(NC(=O)C(Cc1ccccc1)NC(=O)C(CC(C)C)NC(=O)C(C)N)C(=O)O. The summed E-state index contributed by atoms with van der Waals surface area (Å²) in [5.74, 6) is -2.92. The highest BCUT2D eigenvalue weighted by Gasteiger charge is 2.32. The van der Waals surface area contributed by atoms with Gasteiger partial charge in [-0.2, -0.15) is 0 Å². The van der Waals surface area contributed by atoms with Crippen molar-refractivity contribution >= 4 is 23.7 Å². The van der Waals surface area contributed by atoms with Gasteiger partial charge in [-0.15, -0.1) is 0 Å². The number of rotatable bonds is 13. The number of carboxylic acids is 1. The topological polar surface area (TPSA) is 151 Å². The number of nitrogens with two attached hydrogens (primary N) is 1. The molecule has 1 aromatic carbocycles. The Kier molecular flexibility index (Phi) is 11.6. The van der Waals surface area contributed by atoms with Gasteiger partial charge in [0.1, 0.15) is 18.1 Å². The second-order valence-corrected chi connectivity index (χ2v) is 8.94. The van der Waals surface area contributed by atoms with Gasteiger partial charge in [0.05, 0.1) is 6.04 Å². The van der Waals surface area contributed by atoms with Gasteiger partial charge in [0, 0.05) is 6.42 Å². The molecule has 9 nitrogen and oxygen atoms in total. The van der Waals surface area contributed by atoms with Gasteiger partial charge in [-0.25, -0.2) is 4.79 Å². The van der Waals surface area contributed by atoms with E-state index in [1.165, 1.54) is 6.92 Å². The molecule has 0 saturated heterocycles. The molecular formula is C24H38N4O5. The maximum atomic E-state index is 13.1. The van der Waals surface area contributed by atoms with Crippen molar-refractivity contribution in [1.82, 2.24) is 16.0 Å². The van der Waals surface area contributed by atoms with E-state index in [4.69, 9.17) is 5.73 Å². The van der Waals surface area contributed by atoms with Gasteiger partial charge in [0.15, 0.2) is 0 Å². The Labute approximate surface area is 195 Å². The zero-order valence-electron chi connectivity index (χ0n) is 20.1. The van der Waals surface area contributed by atoms with E-state index >= 15 is 0 Å². The fourth-order valence-corrected chi connectivity index (χ4v) is 3.27. The molecule has 184 valence electrons. The average Bonchev–Trinajstić information content (AvgIpc) is 2.75. The van der Waals surface area contributed by atoms with Crippen molar-refractivity contribution in [3.63, 3.8) is 0 Å². The summed E-state index contributed by atoms with van der Waals surface area (Å²) >= 11 is 0. The van der Waals surface area contributed by atoms with Gasteiger partial charge in [-0.05, 0) is 30.7 Å². The molecule has 6 N–H and O–H groups in total. The number of hydrogen-bond donors (Lipinski definition) is 5. The molecule has 0 fully saturated rings. The number of hydrogen-bond acceptors (Lipinski definition) is 5. The Bertz CT molecular complexity index is 797. The molecule has 0 heterocycles. The summed E-state index contributed by atoms with van der Waals surface area (Å²) in [5.41, 5.74) is 6.43. The lowest BCUT2D eigenvalue weighted by molar-refractivity contribution is -0.143. The normalized spacial score (nSPS) is 15.6. The largest absolute Gasteiger partial charge is 0.480 e. The third-order valence-corrected chi connectivity index (χ3v) is 5.45. The highest BCUT2D eigenvalue weighted by atomic mass is 16.4. The monoisotopic (exact) mass is 462 g/mol. The van der Waals surface area contributed by atoms with E-state index in [-0.39, 0.29) is 18.3 Å². The summed E-state index contributed by atoms with van der Waals surface area (Å²) in [6.45, 7) is 8.93. The Morgan fingerprint density at radius 3 is 1.91 bits per heavy atom. The van der Waals surface area contributed by atoms with Crippen LogP contribution in [0.2, 0.25) is 0 Å². The van der Waals surface area contributed by atoms with Crippen molar-refractivity contribution in [2.24, 2.45) is 17.6 Å². The molecule has 0 aliphatic heterocycles. The molecule has 9 heteroatoms. The zero-order valence-corrected chi connectivity index (χ0v) is 20.1. The van der Waals surface area contributed by atoms with Crippen molar-refractivity contribution in [3.8, 4) is 0 Å². The van der Waals surface area contributed by atoms with Crippen LogP contribution < -0.4 is 21.7 Å². The third kappa shape index (κ3) is 9.61. The van der Waals surface area contributed by atoms with Gasteiger partial charge in [-0.3, -0.25) is 14.4 Å². The lowest BCUT2D eigenvalue weighted by Crippen LogP contribution is -2.58. The quantitative estimate of drug-likeness (QED) is 0.297. The van der Waals surface area contributed by atoms with E-state index in [0.717, 1.165) is 5.56 Å². The molecule has 0 aliphatic carbocycles. The summed E-state index contributed by atoms with van der Waals surface area (Å²) in [4.78, 5) is 50.0. The molecule has 0 aliphatic rings. The molecule has 0 saturated carbocycles. The van der Waals surface area contributed by atoms with E-state index in [0.29, 0.717) is 12.8 Å². The lowest BCUT2D eigenvalue weighted by atomic mass is 9.97. The van der Waals surface area contributed by atoms with Gasteiger partial charge in [0.2, 0.25) is 17.7 Å². The molecule has 0 spiro atoms. The maximum Gasteiger partial charge on any atom is 0.326 e. The molecular weight excluding hydrogens is 424 g/mol. The predicted octanol–water partition coefficient (Wildman–Crippen LogP) is 1.21. The van der Waals surface area contributed by atoms with Crippen LogP contribution in [0.1, 0.15) is 53.0 Å². The van der Waals surface area contributed by atoms with Crippen molar-refractivity contribution in [2.75, 3.05) is 0 Å². The van der Waals surface area contributed by atoms with Gasteiger partial charge >= 0.3 is 5.97 Å². The highest BCUT2D eigenvalue weighted by Crippen LogP contribution is 2.11. The minimum Gasteiger partial charge on any atom is -0.480 e. The van der Waals surface area contributed by atoms with Crippen molar-refractivity contribution in [3.05, 3.63) is 35.9 Å².